The number of likely N-dealkylation sites (N-methyl/N-ethyl adjacent to an activating group) is 1. The van der Waals surface area contributed by atoms with Crippen molar-refractivity contribution >= 4 is 29.4 Å². The van der Waals surface area contributed by atoms with Crippen LogP contribution in [-0.2, 0) is 0 Å². The number of anilines is 1. The van der Waals surface area contributed by atoms with E-state index in [4.69, 9.17) is 11.6 Å². The Morgan fingerprint density at radius 1 is 1.28 bits per heavy atom. The first-order chi connectivity index (χ1) is 8.72. The zero-order valence-corrected chi connectivity index (χ0v) is 12.1. The van der Waals surface area contributed by atoms with Gasteiger partial charge in [0, 0.05) is 48.5 Å². The molecule has 1 atom stereocenters. The van der Waals surface area contributed by atoms with Gasteiger partial charge in [0.05, 0.1) is 0 Å². The Morgan fingerprint density at radius 2 is 2.17 bits per heavy atom. The van der Waals surface area contributed by atoms with E-state index in [1.54, 1.807) is 0 Å². The molecule has 2 heterocycles. The summed E-state index contributed by atoms with van der Waals surface area (Å²) in [5.74, 6) is 0. The summed E-state index contributed by atoms with van der Waals surface area (Å²) in [6.45, 7) is 4.62. The average molecular weight is 284 g/mol. The van der Waals surface area contributed by atoms with Gasteiger partial charge < -0.3 is 9.21 Å². The van der Waals surface area contributed by atoms with E-state index < -0.39 is 0 Å². The lowest BCUT2D eigenvalue weighted by Crippen LogP contribution is -2.30. The molecule has 0 N–H and O–H groups in total. The summed E-state index contributed by atoms with van der Waals surface area (Å²) in [6, 6.07) is 8.81. The molecule has 98 valence electrons. The SMILES string of the molecule is CN1CCC(N2CCN(c3cccc(Cl)c3)S2)C1. The predicted molar refractivity (Wildman–Crippen MR) is 79.0 cm³/mol. The minimum atomic E-state index is 0.698. The van der Waals surface area contributed by atoms with Gasteiger partial charge in [0.25, 0.3) is 0 Å². The van der Waals surface area contributed by atoms with Crippen LogP contribution in [0.25, 0.3) is 0 Å². The van der Waals surface area contributed by atoms with Gasteiger partial charge in [-0.2, -0.15) is 0 Å². The van der Waals surface area contributed by atoms with Crippen molar-refractivity contribution in [2.24, 2.45) is 0 Å². The van der Waals surface area contributed by atoms with Crippen molar-refractivity contribution in [2.75, 3.05) is 37.5 Å². The lowest BCUT2D eigenvalue weighted by Gasteiger charge is -2.22. The summed E-state index contributed by atoms with van der Waals surface area (Å²) in [4.78, 5) is 2.41. The molecule has 2 fully saturated rings. The van der Waals surface area contributed by atoms with Crippen molar-refractivity contribution in [3.63, 3.8) is 0 Å². The minimum absolute atomic E-state index is 0.698. The highest BCUT2D eigenvalue weighted by molar-refractivity contribution is 7.98. The minimum Gasteiger partial charge on any atom is -0.305 e. The molecule has 1 unspecified atom stereocenters. The van der Waals surface area contributed by atoms with E-state index in [2.05, 4.69) is 26.6 Å². The van der Waals surface area contributed by atoms with Crippen LogP contribution in [0.1, 0.15) is 6.42 Å². The topological polar surface area (TPSA) is 9.72 Å². The zero-order chi connectivity index (χ0) is 12.5. The molecule has 3 nitrogen and oxygen atoms in total. The molecule has 2 aliphatic heterocycles. The van der Waals surface area contributed by atoms with Crippen LogP contribution in [0.4, 0.5) is 5.69 Å². The van der Waals surface area contributed by atoms with Gasteiger partial charge in [-0.25, -0.2) is 4.31 Å². The maximum atomic E-state index is 6.05. The van der Waals surface area contributed by atoms with Crippen molar-refractivity contribution in [3.05, 3.63) is 29.3 Å². The number of likely N-dealkylation sites (tertiary alicyclic amines) is 1. The van der Waals surface area contributed by atoms with Crippen LogP contribution in [0, 0.1) is 0 Å². The molecule has 2 aliphatic rings. The van der Waals surface area contributed by atoms with Crippen molar-refractivity contribution in [1.82, 2.24) is 9.21 Å². The number of hydrogen-bond acceptors (Lipinski definition) is 4. The Hall–Kier alpha value is -0.420. The van der Waals surface area contributed by atoms with Gasteiger partial charge in [0.2, 0.25) is 0 Å². The standard InChI is InChI=1S/C13H18ClN3S/c1-15-6-5-13(10-15)17-8-7-16(18-17)12-4-2-3-11(14)9-12/h2-4,9,13H,5-8,10H2,1H3. The van der Waals surface area contributed by atoms with E-state index in [1.165, 1.54) is 25.2 Å². The third kappa shape index (κ3) is 2.62. The fraction of sp³-hybridized carbons (Fsp3) is 0.538. The maximum Gasteiger partial charge on any atom is 0.0497 e. The molecule has 0 saturated carbocycles. The van der Waals surface area contributed by atoms with E-state index >= 15 is 0 Å². The highest BCUT2D eigenvalue weighted by Crippen LogP contribution is 2.34. The van der Waals surface area contributed by atoms with E-state index in [1.807, 2.05) is 30.3 Å². The monoisotopic (exact) mass is 283 g/mol. The maximum absolute atomic E-state index is 6.05. The first-order valence-electron chi connectivity index (χ1n) is 6.39. The van der Waals surface area contributed by atoms with Gasteiger partial charge in [-0.1, -0.05) is 17.7 Å². The second-order valence-corrected chi connectivity index (χ2v) is 6.52. The average Bonchev–Trinajstić information content (AvgIpc) is 2.97. The van der Waals surface area contributed by atoms with Gasteiger partial charge in [0.1, 0.15) is 0 Å². The second kappa shape index (κ2) is 5.29. The Bertz CT molecular complexity index is 428. The summed E-state index contributed by atoms with van der Waals surface area (Å²) >= 11 is 7.90. The molecule has 2 saturated heterocycles. The third-order valence-corrected chi connectivity index (χ3v) is 5.11. The molecular formula is C13H18ClN3S. The van der Waals surface area contributed by atoms with E-state index in [9.17, 15) is 0 Å². The number of benzene rings is 1. The molecule has 0 bridgehead atoms. The molecule has 5 heteroatoms. The summed E-state index contributed by atoms with van der Waals surface area (Å²) in [6.07, 6.45) is 1.28. The van der Waals surface area contributed by atoms with Gasteiger partial charge in [-0.3, -0.25) is 0 Å². The fourth-order valence-electron chi connectivity index (χ4n) is 2.60. The molecular weight excluding hydrogens is 266 g/mol. The second-order valence-electron chi connectivity index (χ2n) is 5.01. The van der Waals surface area contributed by atoms with Gasteiger partial charge in [-0.15, -0.1) is 0 Å². The molecule has 1 aromatic rings. The molecule has 0 spiro atoms. The molecule has 0 aromatic heterocycles. The Kier molecular flexibility index (Phi) is 3.71. The summed E-state index contributed by atoms with van der Waals surface area (Å²) in [5.41, 5.74) is 1.21. The third-order valence-electron chi connectivity index (χ3n) is 3.60. The molecule has 1 aromatic carbocycles. The number of nitrogens with zero attached hydrogens (tertiary/aromatic N) is 3. The highest BCUT2D eigenvalue weighted by atomic mass is 35.5. The van der Waals surface area contributed by atoms with E-state index in [0.29, 0.717) is 6.04 Å². The van der Waals surface area contributed by atoms with E-state index in [0.717, 1.165) is 18.1 Å². The quantitative estimate of drug-likeness (QED) is 0.772. The lowest BCUT2D eigenvalue weighted by atomic mass is 10.2. The Balaban J connectivity index is 1.65. The molecule has 0 amide bonds. The van der Waals surface area contributed by atoms with Crippen LogP contribution >= 0.6 is 23.7 Å². The first kappa shape index (κ1) is 12.6. The van der Waals surface area contributed by atoms with Crippen LogP contribution in [-0.4, -0.2) is 48.5 Å². The normalized spacial score (nSPS) is 26.1. The van der Waals surface area contributed by atoms with Crippen molar-refractivity contribution in [3.8, 4) is 0 Å². The lowest BCUT2D eigenvalue weighted by molar-refractivity contribution is 0.348. The van der Waals surface area contributed by atoms with Crippen LogP contribution in [0.15, 0.2) is 24.3 Å². The van der Waals surface area contributed by atoms with Crippen LogP contribution in [0.2, 0.25) is 5.02 Å². The van der Waals surface area contributed by atoms with E-state index in [-0.39, 0.29) is 0 Å². The Labute approximate surface area is 118 Å². The van der Waals surface area contributed by atoms with Crippen molar-refractivity contribution in [2.45, 2.75) is 12.5 Å². The smallest absolute Gasteiger partial charge is 0.0497 e. The molecule has 0 aliphatic carbocycles. The largest absolute Gasteiger partial charge is 0.305 e. The Morgan fingerprint density at radius 3 is 2.89 bits per heavy atom. The van der Waals surface area contributed by atoms with Crippen LogP contribution in [0.5, 0.6) is 0 Å². The number of rotatable bonds is 2. The van der Waals surface area contributed by atoms with Crippen LogP contribution < -0.4 is 4.31 Å². The number of halogens is 1. The van der Waals surface area contributed by atoms with Crippen molar-refractivity contribution < 1.29 is 0 Å². The van der Waals surface area contributed by atoms with Gasteiger partial charge >= 0.3 is 0 Å². The van der Waals surface area contributed by atoms with Gasteiger partial charge in [-0.05, 0) is 38.2 Å². The summed E-state index contributed by atoms with van der Waals surface area (Å²) in [7, 11) is 2.20. The molecule has 3 rings (SSSR count). The highest BCUT2D eigenvalue weighted by Gasteiger charge is 2.31. The summed E-state index contributed by atoms with van der Waals surface area (Å²) < 4.78 is 4.86. The van der Waals surface area contributed by atoms with Gasteiger partial charge in [0.15, 0.2) is 0 Å². The molecule has 0 radical (unpaired) electrons. The van der Waals surface area contributed by atoms with Crippen molar-refractivity contribution in [1.29, 1.82) is 0 Å². The van der Waals surface area contributed by atoms with Crippen LogP contribution in [0.3, 0.4) is 0 Å². The zero-order valence-electron chi connectivity index (χ0n) is 10.6. The molecule has 18 heavy (non-hydrogen) atoms. The summed E-state index contributed by atoms with van der Waals surface area (Å²) in [5, 5.41) is 0.812. The predicted octanol–water partition coefficient (Wildman–Crippen LogP) is 2.73. The first-order valence-corrected chi connectivity index (χ1v) is 7.49. The number of hydrogen-bond donors (Lipinski definition) is 0. The fourth-order valence-corrected chi connectivity index (χ4v) is 3.88.